The number of halogens is 1. The highest BCUT2D eigenvalue weighted by atomic mass is 35.5. The van der Waals surface area contributed by atoms with E-state index in [2.05, 4.69) is 9.97 Å². The molecular weight excluding hydrogens is 262 g/mol. The highest BCUT2D eigenvalue weighted by molar-refractivity contribution is 6.37. The summed E-state index contributed by atoms with van der Waals surface area (Å²) in [5.41, 5.74) is 7.72. The molecule has 0 saturated carbocycles. The second-order valence-corrected chi connectivity index (χ2v) is 4.52. The molecule has 0 atom stereocenters. The fourth-order valence-electron chi connectivity index (χ4n) is 2.01. The Balaban J connectivity index is 2.17. The van der Waals surface area contributed by atoms with Crippen molar-refractivity contribution in [2.45, 2.75) is 0 Å². The molecule has 5 heteroatoms. The highest BCUT2D eigenvalue weighted by Crippen LogP contribution is 2.27. The number of fused-ring (bicyclic) bond motifs is 1. The van der Waals surface area contributed by atoms with Crippen LogP contribution in [0.25, 0.3) is 11.0 Å². The Bertz CT molecular complexity index is 779. The molecule has 0 aliphatic rings. The summed E-state index contributed by atoms with van der Waals surface area (Å²) in [6.07, 6.45) is 3.31. The maximum absolute atomic E-state index is 12.5. The molecular formula is C14H10ClN3O. The van der Waals surface area contributed by atoms with E-state index < -0.39 is 0 Å². The summed E-state index contributed by atoms with van der Waals surface area (Å²) in [5.74, 6) is -0.170. The predicted molar refractivity (Wildman–Crippen MR) is 75.4 cm³/mol. The number of rotatable bonds is 2. The summed E-state index contributed by atoms with van der Waals surface area (Å²) in [5, 5.41) is 1.05. The number of benzene rings is 1. The summed E-state index contributed by atoms with van der Waals surface area (Å²) in [6.45, 7) is 0. The normalized spacial score (nSPS) is 10.8. The van der Waals surface area contributed by atoms with Gasteiger partial charge in [-0.05, 0) is 24.3 Å². The van der Waals surface area contributed by atoms with Crippen molar-refractivity contribution in [2.24, 2.45) is 0 Å². The van der Waals surface area contributed by atoms with Crippen molar-refractivity contribution in [1.29, 1.82) is 0 Å². The first-order chi connectivity index (χ1) is 9.18. The van der Waals surface area contributed by atoms with E-state index in [-0.39, 0.29) is 10.8 Å². The lowest BCUT2D eigenvalue weighted by Gasteiger charge is -2.04. The van der Waals surface area contributed by atoms with Crippen molar-refractivity contribution in [3.63, 3.8) is 0 Å². The number of aromatic nitrogens is 2. The highest BCUT2D eigenvalue weighted by Gasteiger charge is 2.17. The molecule has 94 valence electrons. The summed E-state index contributed by atoms with van der Waals surface area (Å²) in [7, 11) is 0. The van der Waals surface area contributed by atoms with E-state index in [0.717, 1.165) is 5.39 Å². The van der Waals surface area contributed by atoms with Gasteiger partial charge in [-0.25, -0.2) is 4.98 Å². The van der Waals surface area contributed by atoms with Crippen molar-refractivity contribution in [2.75, 3.05) is 5.73 Å². The van der Waals surface area contributed by atoms with Gasteiger partial charge in [-0.3, -0.25) is 4.79 Å². The number of hydrogen-bond acceptors (Lipinski definition) is 3. The van der Waals surface area contributed by atoms with Crippen LogP contribution in [0.1, 0.15) is 15.9 Å². The number of H-pyrrole nitrogens is 1. The van der Waals surface area contributed by atoms with Crippen LogP contribution in [-0.4, -0.2) is 15.8 Å². The van der Waals surface area contributed by atoms with Gasteiger partial charge < -0.3 is 10.7 Å². The zero-order valence-electron chi connectivity index (χ0n) is 9.85. The number of nitrogens with one attached hydrogen (secondary N) is 1. The number of nitrogens with two attached hydrogens (primary N) is 1. The lowest BCUT2D eigenvalue weighted by Crippen LogP contribution is -2.03. The van der Waals surface area contributed by atoms with Gasteiger partial charge in [0, 0.05) is 28.9 Å². The average Bonchev–Trinajstić information content (AvgIpc) is 2.85. The Labute approximate surface area is 114 Å². The summed E-state index contributed by atoms with van der Waals surface area (Å²) in [4.78, 5) is 19.6. The molecule has 4 nitrogen and oxygen atoms in total. The summed E-state index contributed by atoms with van der Waals surface area (Å²) in [6, 6.07) is 8.66. The van der Waals surface area contributed by atoms with Gasteiger partial charge in [-0.2, -0.15) is 0 Å². The van der Waals surface area contributed by atoms with E-state index >= 15 is 0 Å². The van der Waals surface area contributed by atoms with E-state index in [1.807, 2.05) is 6.07 Å². The SMILES string of the molecule is Nc1cccc(C(=O)c2c[nH]c3ncccc23)c1Cl. The number of nitrogens with zero attached hydrogens (tertiary/aromatic N) is 1. The van der Waals surface area contributed by atoms with Crippen LogP contribution < -0.4 is 5.73 Å². The quantitative estimate of drug-likeness (QED) is 0.556. The molecule has 1 aromatic carbocycles. The Kier molecular flexibility index (Phi) is 2.72. The van der Waals surface area contributed by atoms with Gasteiger partial charge in [0.05, 0.1) is 10.7 Å². The first kappa shape index (κ1) is 11.7. The zero-order chi connectivity index (χ0) is 13.4. The Morgan fingerprint density at radius 2 is 2.05 bits per heavy atom. The smallest absolute Gasteiger partial charge is 0.196 e. The zero-order valence-corrected chi connectivity index (χ0v) is 10.6. The maximum atomic E-state index is 12.5. The Hall–Kier alpha value is -2.33. The van der Waals surface area contributed by atoms with E-state index in [4.69, 9.17) is 17.3 Å². The summed E-state index contributed by atoms with van der Waals surface area (Å²) >= 11 is 6.08. The van der Waals surface area contributed by atoms with E-state index in [0.29, 0.717) is 22.5 Å². The Morgan fingerprint density at radius 1 is 1.21 bits per heavy atom. The molecule has 0 unspecified atom stereocenters. The molecule has 0 bridgehead atoms. The molecule has 0 fully saturated rings. The average molecular weight is 272 g/mol. The number of aromatic amines is 1. The van der Waals surface area contributed by atoms with Crippen LogP contribution >= 0.6 is 11.6 Å². The van der Waals surface area contributed by atoms with Gasteiger partial charge in [0.15, 0.2) is 5.78 Å². The van der Waals surface area contributed by atoms with Gasteiger partial charge in [0.1, 0.15) is 5.65 Å². The molecule has 2 heterocycles. The van der Waals surface area contributed by atoms with Gasteiger partial charge in [-0.1, -0.05) is 17.7 Å². The lowest BCUT2D eigenvalue weighted by atomic mass is 10.0. The van der Waals surface area contributed by atoms with Crippen LogP contribution in [0.15, 0.2) is 42.7 Å². The third-order valence-corrected chi connectivity index (χ3v) is 3.39. The van der Waals surface area contributed by atoms with E-state index in [1.54, 1.807) is 36.7 Å². The number of nitrogen functional groups attached to an aromatic ring is 1. The van der Waals surface area contributed by atoms with Crippen molar-refractivity contribution >= 4 is 34.1 Å². The lowest BCUT2D eigenvalue weighted by molar-refractivity contribution is 0.104. The largest absolute Gasteiger partial charge is 0.398 e. The number of carbonyl (C=O) groups excluding carboxylic acids is 1. The van der Waals surface area contributed by atoms with Gasteiger partial charge in [-0.15, -0.1) is 0 Å². The fourth-order valence-corrected chi connectivity index (χ4v) is 2.23. The maximum Gasteiger partial charge on any atom is 0.196 e. The molecule has 3 rings (SSSR count). The molecule has 2 aromatic heterocycles. The van der Waals surface area contributed by atoms with Crippen LogP contribution in [0, 0.1) is 0 Å². The van der Waals surface area contributed by atoms with Crippen molar-refractivity contribution < 1.29 is 4.79 Å². The second-order valence-electron chi connectivity index (χ2n) is 4.14. The fraction of sp³-hybridized carbons (Fsp3) is 0. The number of carbonyl (C=O) groups is 1. The molecule has 0 aliphatic heterocycles. The molecule has 19 heavy (non-hydrogen) atoms. The standard InChI is InChI=1S/C14H10ClN3O/c15-12-9(3-1-5-11(12)16)13(19)10-7-18-14-8(10)4-2-6-17-14/h1-7H,16H2,(H,17,18). The van der Waals surface area contributed by atoms with Crippen LogP contribution in [-0.2, 0) is 0 Å². The molecule has 0 amide bonds. The number of pyridine rings is 1. The van der Waals surface area contributed by atoms with Gasteiger partial charge in [0.25, 0.3) is 0 Å². The molecule has 3 aromatic rings. The molecule has 0 spiro atoms. The topological polar surface area (TPSA) is 71.8 Å². The Morgan fingerprint density at radius 3 is 2.89 bits per heavy atom. The predicted octanol–water partition coefficient (Wildman–Crippen LogP) is 3.03. The molecule has 0 aliphatic carbocycles. The monoisotopic (exact) mass is 271 g/mol. The van der Waals surface area contributed by atoms with Crippen molar-refractivity contribution in [3.05, 3.63) is 58.9 Å². The number of anilines is 1. The summed E-state index contributed by atoms with van der Waals surface area (Å²) < 4.78 is 0. The van der Waals surface area contributed by atoms with Gasteiger partial charge in [0.2, 0.25) is 0 Å². The first-order valence-electron chi connectivity index (χ1n) is 5.69. The van der Waals surface area contributed by atoms with Crippen molar-refractivity contribution in [1.82, 2.24) is 9.97 Å². The van der Waals surface area contributed by atoms with E-state index in [1.165, 1.54) is 0 Å². The first-order valence-corrected chi connectivity index (χ1v) is 6.07. The van der Waals surface area contributed by atoms with Crippen LogP contribution in [0.4, 0.5) is 5.69 Å². The number of ketones is 1. The van der Waals surface area contributed by atoms with E-state index in [9.17, 15) is 4.79 Å². The van der Waals surface area contributed by atoms with Crippen LogP contribution in [0.5, 0.6) is 0 Å². The van der Waals surface area contributed by atoms with Gasteiger partial charge >= 0.3 is 0 Å². The second kappa shape index (κ2) is 4.40. The molecule has 0 saturated heterocycles. The number of hydrogen-bond donors (Lipinski definition) is 2. The minimum absolute atomic E-state index is 0.170. The third-order valence-electron chi connectivity index (χ3n) is 2.97. The third kappa shape index (κ3) is 1.86. The van der Waals surface area contributed by atoms with Crippen LogP contribution in [0.3, 0.4) is 0 Å². The molecule has 3 N–H and O–H groups in total. The molecule has 0 radical (unpaired) electrons. The minimum atomic E-state index is -0.170. The van der Waals surface area contributed by atoms with Crippen LogP contribution in [0.2, 0.25) is 5.02 Å². The van der Waals surface area contributed by atoms with Crippen molar-refractivity contribution in [3.8, 4) is 0 Å². The minimum Gasteiger partial charge on any atom is -0.398 e.